The van der Waals surface area contributed by atoms with Gasteiger partial charge in [0.15, 0.2) is 0 Å². The molecule has 0 aromatic heterocycles. The van der Waals surface area contributed by atoms with E-state index in [1.807, 2.05) is 0 Å². The lowest BCUT2D eigenvalue weighted by atomic mass is 9.75. The fourth-order valence-corrected chi connectivity index (χ4v) is 2.64. The Bertz CT molecular complexity index is 460. The summed E-state index contributed by atoms with van der Waals surface area (Å²) in [6.07, 6.45) is 1.74. The number of ether oxygens (including phenoxy) is 1. The molecule has 0 saturated carbocycles. The largest absolute Gasteiger partial charge is 0.481 e. The summed E-state index contributed by atoms with van der Waals surface area (Å²) in [5, 5.41) is 9.56. The highest BCUT2D eigenvalue weighted by Crippen LogP contribution is 2.34. The van der Waals surface area contributed by atoms with Gasteiger partial charge < -0.3 is 15.6 Å². The first-order valence-electron chi connectivity index (χ1n) is 6.40. The maximum Gasteiger partial charge on any atom is 0.315 e. The molecule has 19 heavy (non-hydrogen) atoms. The minimum Gasteiger partial charge on any atom is -0.481 e. The molecule has 1 saturated heterocycles. The third-order valence-corrected chi connectivity index (χ3v) is 3.75. The number of benzene rings is 1. The van der Waals surface area contributed by atoms with Crippen molar-refractivity contribution in [2.24, 2.45) is 5.73 Å². The molecule has 1 aliphatic rings. The summed E-state index contributed by atoms with van der Waals surface area (Å²) in [4.78, 5) is 11.7. The first kappa shape index (κ1) is 14.0. The van der Waals surface area contributed by atoms with Crippen molar-refractivity contribution in [1.82, 2.24) is 0 Å². The zero-order valence-electron chi connectivity index (χ0n) is 10.6. The molecule has 2 atom stereocenters. The van der Waals surface area contributed by atoms with Crippen LogP contribution in [0.4, 0.5) is 4.39 Å². The van der Waals surface area contributed by atoms with Gasteiger partial charge in [-0.05, 0) is 25.3 Å². The van der Waals surface area contributed by atoms with Crippen molar-refractivity contribution in [3.63, 3.8) is 0 Å². The number of halogens is 1. The molecule has 0 amide bonds. The quantitative estimate of drug-likeness (QED) is 0.851. The normalized spacial score (nSPS) is 22.1. The van der Waals surface area contributed by atoms with Crippen molar-refractivity contribution in [3.05, 3.63) is 35.6 Å². The smallest absolute Gasteiger partial charge is 0.315 e. The van der Waals surface area contributed by atoms with E-state index in [2.05, 4.69) is 0 Å². The number of rotatable bonds is 5. The number of carboxylic acid groups (broad SMARTS) is 1. The Kier molecular flexibility index (Phi) is 4.17. The first-order valence-corrected chi connectivity index (χ1v) is 6.40. The van der Waals surface area contributed by atoms with Crippen LogP contribution in [0, 0.1) is 5.82 Å². The molecule has 1 fully saturated rings. The van der Waals surface area contributed by atoms with Crippen molar-refractivity contribution >= 4 is 5.97 Å². The number of carbonyl (C=O) groups is 1. The van der Waals surface area contributed by atoms with Gasteiger partial charge in [0.25, 0.3) is 0 Å². The van der Waals surface area contributed by atoms with Gasteiger partial charge in [-0.1, -0.05) is 18.2 Å². The molecule has 1 heterocycles. The van der Waals surface area contributed by atoms with Gasteiger partial charge in [0.2, 0.25) is 0 Å². The standard InChI is InChI=1S/C14H18FNO3/c15-12-6-2-1-5-11(12)14(9-16,13(17)18)8-10-4-3-7-19-10/h1-2,5-6,10H,3-4,7-9,16H2,(H,17,18). The molecule has 5 heteroatoms. The van der Waals surface area contributed by atoms with E-state index in [1.165, 1.54) is 18.2 Å². The second kappa shape index (κ2) is 5.67. The summed E-state index contributed by atoms with van der Waals surface area (Å²) >= 11 is 0. The van der Waals surface area contributed by atoms with Crippen LogP contribution < -0.4 is 5.73 Å². The van der Waals surface area contributed by atoms with Crippen LogP contribution in [0.3, 0.4) is 0 Å². The molecule has 2 unspecified atom stereocenters. The Morgan fingerprint density at radius 2 is 2.26 bits per heavy atom. The summed E-state index contributed by atoms with van der Waals surface area (Å²) in [5.41, 5.74) is 4.41. The van der Waals surface area contributed by atoms with Gasteiger partial charge in [0.1, 0.15) is 11.2 Å². The van der Waals surface area contributed by atoms with E-state index in [0.29, 0.717) is 6.61 Å². The zero-order valence-corrected chi connectivity index (χ0v) is 10.6. The Balaban J connectivity index is 2.38. The van der Waals surface area contributed by atoms with Gasteiger partial charge in [-0.15, -0.1) is 0 Å². The van der Waals surface area contributed by atoms with E-state index in [9.17, 15) is 14.3 Å². The van der Waals surface area contributed by atoms with Gasteiger partial charge in [-0.2, -0.15) is 0 Å². The molecule has 0 aliphatic carbocycles. The Labute approximate surface area is 111 Å². The third-order valence-electron chi connectivity index (χ3n) is 3.75. The van der Waals surface area contributed by atoms with E-state index in [-0.39, 0.29) is 24.6 Å². The molecule has 1 aromatic carbocycles. The van der Waals surface area contributed by atoms with Crippen molar-refractivity contribution < 1.29 is 19.0 Å². The van der Waals surface area contributed by atoms with E-state index in [1.54, 1.807) is 6.07 Å². The lowest BCUT2D eigenvalue weighted by molar-refractivity contribution is -0.145. The highest BCUT2D eigenvalue weighted by Gasteiger charge is 2.43. The molecule has 1 aliphatic heterocycles. The van der Waals surface area contributed by atoms with Crippen LogP contribution in [-0.4, -0.2) is 30.3 Å². The van der Waals surface area contributed by atoms with Crippen LogP contribution in [0.15, 0.2) is 24.3 Å². The second-order valence-corrected chi connectivity index (χ2v) is 4.91. The topological polar surface area (TPSA) is 72.5 Å². The van der Waals surface area contributed by atoms with Crippen molar-refractivity contribution in [3.8, 4) is 0 Å². The monoisotopic (exact) mass is 267 g/mol. The van der Waals surface area contributed by atoms with Gasteiger partial charge in [-0.3, -0.25) is 4.79 Å². The predicted molar refractivity (Wildman–Crippen MR) is 68.4 cm³/mol. The lowest BCUT2D eigenvalue weighted by Gasteiger charge is -2.31. The molecule has 3 N–H and O–H groups in total. The van der Waals surface area contributed by atoms with E-state index in [4.69, 9.17) is 10.5 Å². The number of carboxylic acids is 1. The lowest BCUT2D eigenvalue weighted by Crippen LogP contribution is -2.46. The van der Waals surface area contributed by atoms with Crippen molar-refractivity contribution in [2.75, 3.05) is 13.2 Å². The third kappa shape index (κ3) is 2.62. The molecular weight excluding hydrogens is 249 g/mol. The highest BCUT2D eigenvalue weighted by molar-refractivity contribution is 5.82. The Morgan fingerprint density at radius 3 is 2.79 bits per heavy atom. The molecule has 0 spiro atoms. The van der Waals surface area contributed by atoms with Crippen LogP contribution in [0.25, 0.3) is 0 Å². The minimum atomic E-state index is -1.42. The maximum atomic E-state index is 13.9. The minimum absolute atomic E-state index is 0.139. The van der Waals surface area contributed by atoms with Crippen molar-refractivity contribution in [2.45, 2.75) is 30.8 Å². The van der Waals surface area contributed by atoms with E-state index in [0.717, 1.165) is 12.8 Å². The van der Waals surface area contributed by atoms with E-state index < -0.39 is 17.2 Å². The fourth-order valence-electron chi connectivity index (χ4n) is 2.64. The zero-order chi connectivity index (χ0) is 13.9. The van der Waals surface area contributed by atoms with Gasteiger partial charge in [-0.25, -0.2) is 4.39 Å². The Hall–Kier alpha value is -1.46. The summed E-state index contributed by atoms with van der Waals surface area (Å²) in [6, 6.07) is 5.92. The number of hydrogen-bond acceptors (Lipinski definition) is 3. The number of hydrogen-bond donors (Lipinski definition) is 2. The first-order chi connectivity index (χ1) is 9.10. The van der Waals surface area contributed by atoms with E-state index >= 15 is 0 Å². The second-order valence-electron chi connectivity index (χ2n) is 4.91. The summed E-state index contributed by atoms with van der Waals surface area (Å²) < 4.78 is 19.4. The molecular formula is C14H18FNO3. The molecule has 104 valence electrons. The van der Waals surface area contributed by atoms with Gasteiger partial charge in [0, 0.05) is 18.7 Å². The summed E-state index contributed by atoms with van der Waals surface area (Å²) in [5.74, 6) is -1.64. The molecule has 0 radical (unpaired) electrons. The average molecular weight is 267 g/mol. The fraction of sp³-hybridized carbons (Fsp3) is 0.500. The Morgan fingerprint density at radius 1 is 1.53 bits per heavy atom. The average Bonchev–Trinajstić information content (AvgIpc) is 2.89. The van der Waals surface area contributed by atoms with Crippen molar-refractivity contribution in [1.29, 1.82) is 0 Å². The SMILES string of the molecule is NCC(CC1CCCO1)(C(=O)O)c1ccccc1F. The van der Waals surface area contributed by atoms with Crippen LogP contribution >= 0.6 is 0 Å². The molecule has 4 nitrogen and oxygen atoms in total. The van der Waals surface area contributed by atoms with Gasteiger partial charge >= 0.3 is 5.97 Å². The van der Waals surface area contributed by atoms with Crippen LogP contribution in [0.5, 0.6) is 0 Å². The highest BCUT2D eigenvalue weighted by atomic mass is 19.1. The predicted octanol–water partition coefficient (Wildman–Crippen LogP) is 1.68. The molecule has 1 aromatic rings. The maximum absolute atomic E-state index is 13.9. The van der Waals surface area contributed by atoms with Crippen LogP contribution in [-0.2, 0) is 14.9 Å². The van der Waals surface area contributed by atoms with Crippen LogP contribution in [0.1, 0.15) is 24.8 Å². The molecule has 2 rings (SSSR count). The number of aliphatic carboxylic acids is 1. The number of nitrogens with two attached hydrogens (primary N) is 1. The van der Waals surface area contributed by atoms with Crippen LogP contribution in [0.2, 0.25) is 0 Å². The summed E-state index contributed by atoms with van der Waals surface area (Å²) in [7, 11) is 0. The molecule has 0 bridgehead atoms. The summed E-state index contributed by atoms with van der Waals surface area (Å²) in [6.45, 7) is 0.478. The van der Waals surface area contributed by atoms with Gasteiger partial charge in [0.05, 0.1) is 6.10 Å².